The number of hydrogen-bond donors (Lipinski definition) is 0. The molecule has 0 saturated heterocycles. The molecule has 0 unspecified atom stereocenters. The summed E-state index contributed by atoms with van der Waals surface area (Å²) in [5.41, 5.74) is 5.98. The number of nitrogens with zero attached hydrogens (tertiary/aromatic N) is 3. The van der Waals surface area contributed by atoms with Crippen LogP contribution in [0.15, 0.2) is 76.3 Å². The van der Waals surface area contributed by atoms with Crippen LogP contribution in [0.3, 0.4) is 0 Å². The monoisotopic (exact) mass is 497 g/mol. The molecule has 1 aliphatic heterocycles. The Morgan fingerprint density at radius 2 is 1.47 bits per heavy atom. The highest BCUT2D eigenvalue weighted by molar-refractivity contribution is 6.30. The summed E-state index contributed by atoms with van der Waals surface area (Å²) >= 11 is 6.45. The van der Waals surface area contributed by atoms with Crippen LogP contribution in [0.2, 0.25) is 5.02 Å². The van der Waals surface area contributed by atoms with E-state index in [0.717, 1.165) is 38.2 Å². The van der Waals surface area contributed by atoms with Crippen LogP contribution >= 0.6 is 11.6 Å². The van der Waals surface area contributed by atoms with Crippen LogP contribution in [0.4, 0.5) is 0 Å². The topological polar surface area (TPSA) is 58.2 Å². The first kappa shape index (κ1) is 22.4. The second-order valence-electron chi connectivity index (χ2n) is 9.39. The maximum Gasteiger partial charge on any atom is 0.331 e. The maximum atomic E-state index is 13.7. The van der Waals surface area contributed by atoms with Crippen molar-refractivity contribution in [3.63, 3.8) is 0 Å². The zero-order valence-corrected chi connectivity index (χ0v) is 21.1. The smallest absolute Gasteiger partial charge is 0.331 e. The third-order valence-electron chi connectivity index (χ3n) is 6.97. The van der Waals surface area contributed by atoms with Crippen molar-refractivity contribution in [3.05, 3.63) is 115 Å². The van der Waals surface area contributed by atoms with Gasteiger partial charge in [0.15, 0.2) is 6.10 Å². The lowest BCUT2D eigenvalue weighted by atomic mass is 10.0. The minimum atomic E-state index is -0.543. The molecule has 3 heterocycles. The lowest BCUT2D eigenvalue weighted by molar-refractivity contribution is 0.229. The normalized spacial score (nSPS) is 14.4. The number of fused-ring (bicyclic) bond motifs is 5. The number of aryl methyl sites for hydroxylation is 3. The fourth-order valence-electron chi connectivity index (χ4n) is 5.09. The number of halogens is 1. The molecule has 6 rings (SSSR count). The highest BCUT2D eigenvalue weighted by Gasteiger charge is 2.36. The highest BCUT2D eigenvalue weighted by atomic mass is 35.5. The van der Waals surface area contributed by atoms with E-state index in [0.29, 0.717) is 27.4 Å². The van der Waals surface area contributed by atoms with Crippen LogP contribution in [0.1, 0.15) is 28.5 Å². The largest absolute Gasteiger partial charge is 0.477 e. The first-order valence-corrected chi connectivity index (χ1v) is 12.1. The number of hydrogen-bond acceptors (Lipinski definition) is 3. The molecule has 36 heavy (non-hydrogen) atoms. The number of rotatable bonds is 2. The second kappa shape index (κ2) is 8.00. The highest BCUT2D eigenvalue weighted by Crippen LogP contribution is 2.47. The van der Waals surface area contributed by atoms with Gasteiger partial charge in [-0.2, -0.15) is 0 Å². The average molecular weight is 498 g/mol. The van der Waals surface area contributed by atoms with Gasteiger partial charge in [0.05, 0.1) is 28.0 Å². The predicted molar refractivity (Wildman–Crippen MR) is 143 cm³/mol. The summed E-state index contributed by atoms with van der Waals surface area (Å²) in [4.78, 5) is 26.8. The van der Waals surface area contributed by atoms with E-state index in [9.17, 15) is 9.59 Å². The van der Waals surface area contributed by atoms with Crippen molar-refractivity contribution in [2.45, 2.75) is 20.0 Å². The number of ether oxygens (including phenoxy) is 1. The molecule has 6 nitrogen and oxygen atoms in total. The molecule has 1 atom stereocenters. The van der Waals surface area contributed by atoms with E-state index in [1.165, 1.54) is 7.05 Å². The van der Waals surface area contributed by atoms with Gasteiger partial charge in [0.25, 0.3) is 5.56 Å². The van der Waals surface area contributed by atoms with Gasteiger partial charge in [0.2, 0.25) is 0 Å². The van der Waals surface area contributed by atoms with Crippen LogP contribution in [0, 0.1) is 13.8 Å². The van der Waals surface area contributed by atoms with E-state index in [-0.39, 0.29) is 5.56 Å². The van der Waals surface area contributed by atoms with E-state index < -0.39 is 11.8 Å². The van der Waals surface area contributed by atoms with Gasteiger partial charge in [-0.05, 0) is 43.2 Å². The zero-order chi connectivity index (χ0) is 25.3. The fraction of sp³-hybridized carbons (Fsp3) is 0.172. The van der Waals surface area contributed by atoms with Gasteiger partial charge in [0, 0.05) is 19.1 Å². The molecule has 2 aromatic heterocycles. The molecule has 0 saturated carbocycles. The van der Waals surface area contributed by atoms with Gasteiger partial charge in [0.1, 0.15) is 5.75 Å². The van der Waals surface area contributed by atoms with Crippen molar-refractivity contribution >= 4 is 22.5 Å². The minimum absolute atomic E-state index is 0.350. The first-order valence-electron chi connectivity index (χ1n) is 11.7. The Morgan fingerprint density at radius 3 is 2.14 bits per heavy atom. The molecule has 0 N–H and O–H groups in total. The van der Waals surface area contributed by atoms with Gasteiger partial charge < -0.3 is 9.30 Å². The van der Waals surface area contributed by atoms with Crippen molar-refractivity contribution in [3.8, 4) is 22.7 Å². The van der Waals surface area contributed by atoms with E-state index >= 15 is 0 Å². The van der Waals surface area contributed by atoms with E-state index in [4.69, 9.17) is 16.3 Å². The van der Waals surface area contributed by atoms with E-state index in [1.54, 1.807) is 17.7 Å². The number of aromatic nitrogens is 3. The molecule has 0 radical (unpaired) electrons. The van der Waals surface area contributed by atoms with Gasteiger partial charge in [-0.15, -0.1) is 0 Å². The first-order chi connectivity index (χ1) is 17.3. The lowest BCUT2D eigenvalue weighted by Crippen LogP contribution is -2.37. The molecule has 5 aromatic rings. The Hall–Kier alpha value is -4.03. The van der Waals surface area contributed by atoms with E-state index in [1.807, 2.05) is 79.1 Å². The summed E-state index contributed by atoms with van der Waals surface area (Å²) in [5.74, 6) is 0.646. The summed E-state index contributed by atoms with van der Waals surface area (Å²) in [7, 11) is 3.21. The molecule has 7 heteroatoms. The van der Waals surface area contributed by atoms with Crippen LogP contribution in [0.25, 0.3) is 27.8 Å². The third-order valence-corrected chi connectivity index (χ3v) is 7.20. The van der Waals surface area contributed by atoms with Crippen molar-refractivity contribution in [2.75, 3.05) is 0 Å². The third kappa shape index (κ3) is 3.18. The molecule has 0 amide bonds. The predicted octanol–water partition coefficient (Wildman–Crippen LogP) is 5.45. The Morgan fingerprint density at radius 1 is 0.833 bits per heavy atom. The quantitative estimate of drug-likeness (QED) is 0.326. The Bertz CT molecular complexity index is 1790. The van der Waals surface area contributed by atoms with Crippen LogP contribution in [-0.2, 0) is 14.1 Å². The molecule has 3 aromatic carbocycles. The van der Waals surface area contributed by atoms with Gasteiger partial charge in [-0.25, -0.2) is 4.79 Å². The summed E-state index contributed by atoms with van der Waals surface area (Å²) < 4.78 is 11.3. The van der Waals surface area contributed by atoms with Gasteiger partial charge >= 0.3 is 5.69 Å². The Kier molecular flexibility index (Phi) is 4.99. The molecule has 0 bridgehead atoms. The summed E-state index contributed by atoms with van der Waals surface area (Å²) in [6.07, 6.45) is -0.543. The molecule has 1 aliphatic rings. The van der Waals surface area contributed by atoms with Crippen LogP contribution < -0.4 is 16.0 Å². The SMILES string of the molecule is Cc1ccc(-c2c3c(=O)n(C)c(=O)n(C)c3c3n2-c2cc(Cl)ccc2O[C@H]3c2ccc(C)cc2)cc1. The second-order valence-corrected chi connectivity index (χ2v) is 9.82. The Balaban J connectivity index is 1.86. The average Bonchev–Trinajstić information content (AvgIpc) is 3.23. The van der Waals surface area contributed by atoms with Crippen molar-refractivity contribution in [1.29, 1.82) is 0 Å². The lowest BCUT2D eigenvalue weighted by Gasteiger charge is -2.30. The minimum Gasteiger partial charge on any atom is -0.477 e. The summed E-state index contributed by atoms with van der Waals surface area (Å²) in [6, 6.07) is 21.6. The summed E-state index contributed by atoms with van der Waals surface area (Å²) in [6.45, 7) is 4.05. The Labute approximate surface area is 212 Å². The molecular formula is C29H24ClN3O3. The van der Waals surface area contributed by atoms with Crippen LogP contribution in [-0.4, -0.2) is 13.7 Å². The molecule has 180 valence electrons. The fourth-order valence-corrected chi connectivity index (χ4v) is 5.25. The van der Waals surface area contributed by atoms with Crippen LogP contribution in [0.5, 0.6) is 5.75 Å². The summed E-state index contributed by atoms with van der Waals surface area (Å²) in [5, 5.41) is 1.01. The number of benzene rings is 3. The van der Waals surface area contributed by atoms with Crippen molar-refractivity contribution in [2.24, 2.45) is 14.1 Å². The maximum absolute atomic E-state index is 13.7. The van der Waals surface area contributed by atoms with E-state index in [2.05, 4.69) is 0 Å². The van der Waals surface area contributed by atoms with Crippen molar-refractivity contribution < 1.29 is 4.74 Å². The molecule has 0 spiro atoms. The molecule has 0 aliphatic carbocycles. The van der Waals surface area contributed by atoms with Gasteiger partial charge in [-0.1, -0.05) is 71.3 Å². The molecular weight excluding hydrogens is 474 g/mol. The van der Waals surface area contributed by atoms with Crippen molar-refractivity contribution in [1.82, 2.24) is 13.7 Å². The standard InChI is InChI=1S/C29H24ClN3O3/c1-16-5-9-18(10-6-16)24-23-25(31(3)29(35)32(4)28(23)34)26-27(19-11-7-17(2)8-12-19)36-22-14-13-20(30)15-21(22)33(24)26/h5-15,27H,1-4H3/t27-/m0/s1. The van der Waals surface area contributed by atoms with Gasteiger partial charge in [-0.3, -0.25) is 13.9 Å². The zero-order valence-electron chi connectivity index (χ0n) is 20.4. The molecule has 0 fully saturated rings.